The van der Waals surface area contributed by atoms with E-state index in [4.69, 9.17) is 4.74 Å². The number of aromatic hydroxyl groups is 1. The summed E-state index contributed by atoms with van der Waals surface area (Å²) in [4.78, 5) is 0. The van der Waals surface area contributed by atoms with Crippen LogP contribution in [0.3, 0.4) is 0 Å². The summed E-state index contributed by atoms with van der Waals surface area (Å²) in [7, 11) is 0. The highest BCUT2D eigenvalue weighted by atomic mass is 19.1. The summed E-state index contributed by atoms with van der Waals surface area (Å²) < 4.78 is 20.6. The fourth-order valence-electron chi connectivity index (χ4n) is 2.06. The summed E-state index contributed by atoms with van der Waals surface area (Å²) in [6.07, 6.45) is 1.70. The van der Waals surface area contributed by atoms with Gasteiger partial charge in [-0.05, 0) is 49.4 Å². The molecule has 0 radical (unpaired) electrons. The SMILES string of the molecule is CCOc1ccc(-c2cn(-c3ccc(O)cc3)nn2)cc1F. The number of aromatic nitrogens is 3. The highest BCUT2D eigenvalue weighted by Crippen LogP contribution is 2.25. The highest BCUT2D eigenvalue weighted by molar-refractivity contribution is 5.59. The van der Waals surface area contributed by atoms with Gasteiger partial charge in [0.05, 0.1) is 18.5 Å². The van der Waals surface area contributed by atoms with E-state index in [-0.39, 0.29) is 11.5 Å². The Bertz CT molecular complexity index is 784. The Balaban J connectivity index is 1.90. The van der Waals surface area contributed by atoms with Crippen LogP contribution in [0.1, 0.15) is 6.92 Å². The van der Waals surface area contributed by atoms with Gasteiger partial charge in [-0.3, -0.25) is 0 Å². The van der Waals surface area contributed by atoms with Gasteiger partial charge in [-0.15, -0.1) is 5.10 Å². The maximum absolute atomic E-state index is 13.9. The minimum atomic E-state index is -0.432. The van der Waals surface area contributed by atoms with E-state index in [0.29, 0.717) is 17.9 Å². The number of phenols is 1. The molecule has 22 heavy (non-hydrogen) atoms. The van der Waals surface area contributed by atoms with Crippen molar-refractivity contribution in [1.29, 1.82) is 0 Å². The maximum Gasteiger partial charge on any atom is 0.165 e. The molecule has 1 N–H and O–H groups in total. The number of halogens is 1. The number of rotatable bonds is 4. The fraction of sp³-hybridized carbons (Fsp3) is 0.125. The van der Waals surface area contributed by atoms with Gasteiger partial charge in [0.25, 0.3) is 0 Å². The molecule has 112 valence electrons. The number of nitrogens with zero attached hydrogens (tertiary/aromatic N) is 3. The van der Waals surface area contributed by atoms with Gasteiger partial charge in [-0.2, -0.15) is 0 Å². The van der Waals surface area contributed by atoms with E-state index in [9.17, 15) is 9.50 Å². The zero-order valence-electron chi connectivity index (χ0n) is 11.9. The number of hydrogen-bond acceptors (Lipinski definition) is 4. The molecule has 5 nitrogen and oxygen atoms in total. The third-order valence-corrected chi connectivity index (χ3v) is 3.14. The van der Waals surface area contributed by atoms with E-state index < -0.39 is 5.82 Å². The van der Waals surface area contributed by atoms with Crippen molar-refractivity contribution in [2.45, 2.75) is 6.92 Å². The zero-order chi connectivity index (χ0) is 15.5. The van der Waals surface area contributed by atoms with Crippen molar-refractivity contribution in [3.8, 4) is 28.4 Å². The van der Waals surface area contributed by atoms with Crippen LogP contribution in [0.25, 0.3) is 16.9 Å². The van der Waals surface area contributed by atoms with Crippen LogP contribution in [0.5, 0.6) is 11.5 Å². The molecule has 6 heteroatoms. The topological polar surface area (TPSA) is 60.2 Å². The average molecular weight is 299 g/mol. The van der Waals surface area contributed by atoms with Gasteiger partial charge in [-0.25, -0.2) is 9.07 Å². The molecule has 2 aromatic carbocycles. The normalized spacial score (nSPS) is 10.6. The third kappa shape index (κ3) is 2.76. The van der Waals surface area contributed by atoms with Crippen LogP contribution in [0.4, 0.5) is 4.39 Å². The van der Waals surface area contributed by atoms with Crippen LogP contribution in [0.2, 0.25) is 0 Å². The lowest BCUT2D eigenvalue weighted by atomic mass is 10.1. The first kappa shape index (κ1) is 14.1. The average Bonchev–Trinajstić information content (AvgIpc) is 3.00. The Morgan fingerprint density at radius 3 is 2.64 bits per heavy atom. The van der Waals surface area contributed by atoms with E-state index in [1.54, 1.807) is 54.2 Å². The summed E-state index contributed by atoms with van der Waals surface area (Å²) >= 11 is 0. The lowest BCUT2D eigenvalue weighted by molar-refractivity contribution is 0.321. The van der Waals surface area contributed by atoms with Crippen molar-refractivity contribution in [2.75, 3.05) is 6.61 Å². The van der Waals surface area contributed by atoms with E-state index in [1.807, 2.05) is 0 Å². The maximum atomic E-state index is 13.9. The van der Waals surface area contributed by atoms with Gasteiger partial charge < -0.3 is 9.84 Å². The monoisotopic (exact) mass is 299 g/mol. The zero-order valence-corrected chi connectivity index (χ0v) is 11.9. The van der Waals surface area contributed by atoms with Crippen molar-refractivity contribution in [1.82, 2.24) is 15.0 Å². The molecule has 0 atom stereocenters. The lowest BCUT2D eigenvalue weighted by Gasteiger charge is -2.05. The van der Waals surface area contributed by atoms with Crippen molar-refractivity contribution in [2.24, 2.45) is 0 Å². The van der Waals surface area contributed by atoms with Gasteiger partial charge in [0.2, 0.25) is 0 Å². The second-order valence-corrected chi connectivity index (χ2v) is 4.64. The molecule has 1 heterocycles. The summed E-state index contributed by atoms with van der Waals surface area (Å²) in [5, 5.41) is 17.3. The molecule has 0 bridgehead atoms. The Labute approximate surface area is 126 Å². The molecule has 0 saturated carbocycles. The summed E-state index contributed by atoms with van der Waals surface area (Å²) in [6.45, 7) is 2.21. The van der Waals surface area contributed by atoms with E-state index in [1.165, 1.54) is 6.07 Å². The van der Waals surface area contributed by atoms with Crippen molar-refractivity contribution >= 4 is 0 Å². The number of hydrogen-bond donors (Lipinski definition) is 1. The third-order valence-electron chi connectivity index (χ3n) is 3.14. The molecule has 0 aliphatic heterocycles. The van der Waals surface area contributed by atoms with Crippen LogP contribution in [0.15, 0.2) is 48.7 Å². The van der Waals surface area contributed by atoms with Gasteiger partial charge in [0.15, 0.2) is 11.6 Å². The van der Waals surface area contributed by atoms with Crippen LogP contribution >= 0.6 is 0 Å². The predicted molar refractivity (Wildman–Crippen MR) is 79.6 cm³/mol. The first-order valence-corrected chi connectivity index (χ1v) is 6.82. The first-order valence-electron chi connectivity index (χ1n) is 6.82. The molecule has 0 aliphatic carbocycles. The second kappa shape index (κ2) is 5.85. The first-order chi connectivity index (χ1) is 10.7. The molecule has 0 aliphatic rings. The molecular formula is C16H14FN3O2. The summed E-state index contributed by atoms with van der Waals surface area (Å²) in [5.41, 5.74) is 1.92. The quantitative estimate of drug-likeness (QED) is 0.804. The lowest BCUT2D eigenvalue weighted by Crippen LogP contribution is -1.94. The van der Waals surface area contributed by atoms with Gasteiger partial charge in [0.1, 0.15) is 11.4 Å². The van der Waals surface area contributed by atoms with Gasteiger partial charge in [0, 0.05) is 5.56 Å². The molecule has 0 saturated heterocycles. The molecule has 0 unspecified atom stereocenters. The van der Waals surface area contributed by atoms with Crippen LogP contribution in [0, 0.1) is 5.82 Å². The largest absolute Gasteiger partial charge is 0.508 e. The van der Waals surface area contributed by atoms with Gasteiger partial charge in [-0.1, -0.05) is 5.21 Å². The standard InChI is InChI=1S/C16H14FN3O2/c1-2-22-16-8-3-11(9-14(16)17)15-10-20(19-18-15)12-4-6-13(21)7-5-12/h3-10,21H,2H2,1H3. The molecule has 3 aromatic rings. The smallest absolute Gasteiger partial charge is 0.165 e. The Hall–Kier alpha value is -2.89. The molecule has 0 amide bonds. The van der Waals surface area contributed by atoms with Crippen molar-refractivity contribution in [3.05, 3.63) is 54.5 Å². The van der Waals surface area contributed by atoms with E-state index in [0.717, 1.165) is 5.69 Å². The number of phenolic OH excluding ortho intramolecular Hbond substituents is 1. The Morgan fingerprint density at radius 1 is 1.18 bits per heavy atom. The summed E-state index contributed by atoms with van der Waals surface area (Å²) in [6, 6.07) is 11.2. The number of ether oxygens (including phenoxy) is 1. The molecule has 0 fully saturated rings. The van der Waals surface area contributed by atoms with Crippen LogP contribution < -0.4 is 4.74 Å². The number of benzene rings is 2. The van der Waals surface area contributed by atoms with Crippen molar-refractivity contribution < 1.29 is 14.2 Å². The Kier molecular flexibility index (Phi) is 3.74. The van der Waals surface area contributed by atoms with Gasteiger partial charge >= 0.3 is 0 Å². The van der Waals surface area contributed by atoms with E-state index >= 15 is 0 Å². The Morgan fingerprint density at radius 2 is 1.95 bits per heavy atom. The van der Waals surface area contributed by atoms with Crippen molar-refractivity contribution in [3.63, 3.8) is 0 Å². The van der Waals surface area contributed by atoms with Crippen LogP contribution in [-0.4, -0.2) is 26.7 Å². The molecule has 0 spiro atoms. The highest BCUT2D eigenvalue weighted by Gasteiger charge is 2.09. The second-order valence-electron chi connectivity index (χ2n) is 4.64. The minimum Gasteiger partial charge on any atom is -0.508 e. The fourth-order valence-corrected chi connectivity index (χ4v) is 2.06. The molecule has 3 rings (SSSR count). The van der Waals surface area contributed by atoms with E-state index in [2.05, 4.69) is 10.3 Å². The predicted octanol–water partition coefficient (Wildman–Crippen LogP) is 3.18. The molecule has 1 aromatic heterocycles. The minimum absolute atomic E-state index is 0.178. The molecular weight excluding hydrogens is 285 g/mol. The van der Waals surface area contributed by atoms with Crippen LogP contribution in [-0.2, 0) is 0 Å². The summed E-state index contributed by atoms with van der Waals surface area (Å²) in [5.74, 6) is -0.0339.